The monoisotopic (exact) mass is 368 g/mol. The lowest BCUT2D eigenvalue weighted by atomic mass is 10.2. The quantitative estimate of drug-likeness (QED) is 0.850. The number of hydrogen-bond acceptors (Lipinski definition) is 5. The normalized spacial score (nSPS) is 10.5. The Kier molecular flexibility index (Phi) is 5.33. The third-order valence-electron chi connectivity index (χ3n) is 2.83. The van der Waals surface area contributed by atoms with Gasteiger partial charge in [0.15, 0.2) is 0 Å². The van der Waals surface area contributed by atoms with Crippen molar-refractivity contribution in [2.75, 3.05) is 30.9 Å². The first kappa shape index (κ1) is 15.9. The van der Waals surface area contributed by atoms with E-state index in [1.165, 1.54) is 11.3 Å². The van der Waals surface area contributed by atoms with Crippen LogP contribution in [0.5, 0.6) is 0 Å². The molecule has 21 heavy (non-hydrogen) atoms. The first-order valence-corrected chi connectivity index (χ1v) is 8.11. The van der Waals surface area contributed by atoms with Crippen LogP contribution in [0.3, 0.4) is 0 Å². The minimum absolute atomic E-state index is 0.212. The molecule has 2 rings (SSSR count). The maximum absolute atomic E-state index is 12.3. The summed E-state index contributed by atoms with van der Waals surface area (Å²) in [6.07, 6.45) is 0.692. The number of anilines is 2. The van der Waals surface area contributed by atoms with Crippen molar-refractivity contribution in [1.82, 2.24) is 4.98 Å². The molecule has 0 radical (unpaired) electrons. The fourth-order valence-corrected chi connectivity index (χ4v) is 2.99. The number of rotatable bonds is 5. The van der Waals surface area contributed by atoms with Gasteiger partial charge in [-0.25, -0.2) is 4.98 Å². The Bertz CT molecular complexity index is 642. The van der Waals surface area contributed by atoms with Crippen molar-refractivity contribution in [3.05, 3.63) is 38.8 Å². The summed E-state index contributed by atoms with van der Waals surface area (Å²) in [6, 6.07) is 5.76. The molecule has 3 N–H and O–H groups in total. The van der Waals surface area contributed by atoms with Gasteiger partial charge in [0.1, 0.15) is 5.69 Å². The zero-order chi connectivity index (χ0) is 15.4. The number of nitrogens with one attached hydrogen (secondary N) is 1. The molecule has 0 unspecified atom stereocenters. The predicted molar refractivity (Wildman–Crippen MR) is 91.3 cm³/mol. The SMILES string of the molecule is CN(C)c1ccc(Br)cc1NC(=O)c1csc(CCN)n1. The average molecular weight is 369 g/mol. The summed E-state index contributed by atoms with van der Waals surface area (Å²) in [5.74, 6) is -0.212. The Morgan fingerprint density at radius 2 is 2.24 bits per heavy atom. The number of nitrogens with zero attached hydrogens (tertiary/aromatic N) is 2. The van der Waals surface area contributed by atoms with Crippen molar-refractivity contribution in [3.8, 4) is 0 Å². The first-order valence-electron chi connectivity index (χ1n) is 6.44. The van der Waals surface area contributed by atoms with Gasteiger partial charge in [0, 0.05) is 30.4 Å². The Morgan fingerprint density at radius 3 is 2.90 bits per heavy atom. The molecule has 5 nitrogen and oxygen atoms in total. The van der Waals surface area contributed by atoms with Gasteiger partial charge in [0.2, 0.25) is 0 Å². The molecule has 7 heteroatoms. The lowest BCUT2D eigenvalue weighted by Gasteiger charge is -2.18. The number of thiazole rings is 1. The maximum Gasteiger partial charge on any atom is 0.275 e. The molecule has 1 aromatic heterocycles. The third kappa shape index (κ3) is 4.03. The van der Waals surface area contributed by atoms with Gasteiger partial charge < -0.3 is 16.0 Å². The zero-order valence-electron chi connectivity index (χ0n) is 11.9. The molecule has 0 saturated heterocycles. The second-order valence-corrected chi connectivity index (χ2v) is 6.53. The van der Waals surface area contributed by atoms with Gasteiger partial charge in [-0.15, -0.1) is 11.3 Å². The van der Waals surface area contributed by atoms with E-state index < -0.39 is 0 Å². The summed E-state index contributed by atoms with van der Waals surface area (Å²) in [4.78, 5) is 18.5. The third-order valence-corrected chi connectivity index (χ3v) is 4.23. The molecule has 1 amide bonds. The standard InChI is InChI=1S/C14H17BrN4OS/c1-19(2)12-4-3-9(15)7-10(12)18-14(20)11-8-21-13(17-11)5-6-16/h3-4,7-8H,5-6,16H2,1-2H3,(H,18,20). The Balaban J connectivity index is 2.20. The van der Waals surface area contributed by atoms with E-state index in [-0.39, 0.29) is 5.91 Å². The summed E-state index contributed by atoms with van der Waals surface area (Å²) < 4.78 is 0.908. The minimum atomic E-state index is -0.212. The molecule has 112 valence electrons. The van der Waals surface area contributed by atoms with Crippen molar-refractivity contribution in [1.29, 1.82) is 0 Å². The zero-order valence-corrected chi connectivity index (χ0v) is 14.3. The number of aromatic nitrogens is 1. The molecule has 0 saturated carbocycles. The molecule has 0 aliphatic rings. The van der Waals surface area contributed by atoms with Gasteiger partial charge in [0.05, 0.1) is 16.4 Å². The second-order valence-electron chi connectivity index (χ2n) is 4.68. The van der Waals surface area contributed by atoms with E-state index >= 15 is 0 Å². The van der Waals surface area contributed by atoms with Crippen molar-refractivity contribution >= 4 is 44.5 Å². The number of amides is 1. The van der Waals surface area contributed by atoms with E-state index in [9.17, 15) is 4.79 Å². The number of carbonyl (C=O) groups is 1. The van der Waals surface area contributed by atoms with Gasteiger partial charge in [-0.2, -0.15) is 0 Å². The predicted octanol–water partition coefficient (Wildman–Crippen LogP) is 2.73. The lowest BCUT2D eigenvalue weighted by Crippen LogP contribution is -2.17. The largest absolute Gasteiger partial charge is 0.376 e. The number of halogens is 1. The highest BCUT2D eigenvalue weighted by Gasteiger charge is 2.14. The van der Waals surface area contributed by atoms with E-state index in [2.05, 4.69) is 26.2 Å². The van der Waals surface area contributed by atoms with Crippen LogP contribution < -0.4 is 16.0 Å². The molecule has 2 aromatic rings. The van der Waals surface area contributed by atoms with Gasteiger partial charge in [-0.3, -0.25) is 4.79 Å². The van der Waals surface area contributed by atoms with E-state index in [4.69, 9.17) is 5.73 Å². The van der Waals surface area contributed by atoms with Crippen LogP contribution in [-0.4, -0.2) is 31.5 Å². The number of carbonyl (C=O) groups excluding carboxylic acids is 1. The molecule has 0 bridgehead atoms. The van der Waals surface area contributed by atoms with Crippen molar-refractivity contribution in [3.63, 3.8) is 0 Å². The van der Waals surface area contributed by atoms with Crippen molar-refractivity contribution in [2.45, 2.75) is 6.42 Å². The molecular weight excluding hydrogens is 352 g/mol. The van der Waals surface area contributed by atoms with Crippen LogP contribution in [0.15, 0.2) is 28.1 Å². The Hall–Kier alpha value is -1.44. The highest BCUT2D eigenvalue weighted by Crippen LogP contribution is 2.28. The maximum atomic E-state index is 12.3. The molecular formula is C14H17BrN4OS. The minimum Gasteiger partial charge on any atom is -0.376 e. The number of hydrogen-bond donors (Lipinski definition) is 2. The second kappa shape index (κ2) is 7.02. The van der Waals surface area contributed by atoms with Crippen molar-refractivity contribution in [2.24, 2.45) is 5.73 Å². The molecule has 0 aliphatic carbocycles. The Labute approximate surface area is 136 Å². The summed E-state index contributed by atoms with van der Waals surface area (Å²) in [6.45, 7) is 0.533. The molecule has 0 spiro atoms. The van der Waals surface area contributed by atoms with Crippen LogP contribution >= 0.6 is 27.3 Å². The first-order chi connectivity index (χ1) is 10.0. The lowest BCUT2D eigenvalue weighted by molar-refractivity contribution is 0.102. The Morgan fingerprint density at radius 1 is 1.48 bits per heavy atom. The van der Waals surface area contributed by atoms with E-state index in [1.54, 1.807) is 5.38 Å². The fourth-order valence-electron chi connectivity index (χ4n) is 1.84. The summed E-state index contributed by atoms with van der Waals surface area (Å²) in [5, 5.41) is 5.54. The van der Waals surface area contributed by atoms with Gasteiger partial charge in [-0.1, -0.05) is 15.9 Å². The summed E-state index contributed by atoms with van der Waals surface area (Å²) in [7, 11) is 3.86. The van der Waals surface area contributed by atoms with E-state index in [0.717, 1.165) is 20.9 Å². The van der Waals surface area contributed by atoms with E-state index in [1.807, 2.05) is 37.2 Å². The topological polar surface area (TPSA) is 71.2 Å². The highest BCUT2D eigenvalue weighted by atomic mass is 79.9. The molecule has 1 heterocycles. The summed E-state index contributed by atoms with van der Waals surface area (Å²) >= 11 is 4.87. The van der Waals surface area contributed by atoms with Crippen LogP contribution in [-0.2, 0) is 6.42 Å². The van der Waals surface area contributed by atoms with Crippen LogP contribution in [0.2, 0.25) is 0 Å². The highest BCUT2D eigenvalue weighted by molar-refractivity contribution is 9.10. The molecule has 0 fully saturated rings. The fraction of sp³-hybridized carbons (Fsp3) is 0.286. The van der Waals surface area contributed by atoms with Gasteiger partial charge in [-0.05, 0) is 24.7 Å². The molecule has 0 aliphatic heterocycles. The van der Waals surface area contributed by atoms with Gasteiger partial charge in [0.25, 0.3) is 5.91 Å². The van der Waals surface area contributed by atoms with E-state index in [0.29, 0.717) is 18.7 Å². The number of benzene rings is 1. The van der Waals surface area contributed by atoms with Crippen LogP contribution in [0.25, 0.3) is 0 Å². The smallest absolute Gasteiger partial charge is 0.275 e. The molecule has 1 aromatic carbocycles. The van der Waals surface area contributed by atoms with Crippen molar-refractivity contribution < 1.29 is 4.79 Å². The molecule has 0 atom stereocenters. The number of nitrogens with two attached hydrogens (primary N) is 1. The van der Waals surface area contributed by atoms with Crippen LogP contribution in [0.1, 0.15) is 15.5 Å². The van der Waals surface area contributed by atoms with Gasteiger partial charge >= 0.3 is 0 Å². The van der Waals surface area contributed by atoms with Crippen LogP contribution in [0, 0.1) is 0 Å². The van der Waals surface area contributed by atoms with Crippen LogP contribution in [0.4, 0.5) is 11.4 Å². The summed E-state index contributed by atoms with van der Waals surface area (Å²) in [5.41, 5.74) is 7.60. The average Bonchev–Trinajstić information content (AvgIpc) is 2.87.